The topological polar surface area (TPSA) is 92.6 Å². The van der Waals surface area contributed by atoms with E-state index in [9.17, 15) is 9.59 Å². The third-order valence-electron chi connectivity index (χ3n) is 2.65. The molecule has 0 saturated carbocycles. The molecule has 0 amide bonds. The van der Waals surface area contributed by atoms with Crippen LogP contribution in [0.3, 0.4) is 0 Å². The molecular formula is C12H17N3O4. The highest BCUT2D eigenvalue weighted by molar-refractivity contribution is 5.85. The van der Waals surface area contributed by atoms with Crippen LogP contribution in [0.2, 0.25) is 0 Å². The molecule has 0 aliphatic carbocycles. The Kier molecular flexibility index (Phi) is 5.23. The third kappa shape index (κ3) is 3.90. The number of carbonyl (C=O) groups excluding carboxylic acids is 1. The molecule has 1 rings (SSSR count). The number of carboxylic acid groups (broad SMARTS) is 1. The Morgan fingerprint density at radius 1 is 1.53 bits per heavy atom. The van der Waals surface area contributed by atoms with E-state index in [0.717, 1.165) is 0 Å². The number of aromatic nitrogens is 2. The molecule has 1 heterocycles. The molecule has 1 aromatic rings. The van der Waals surface area contributed by atoms with Gasteiger partial charge < -0.3 is 14.7 Å². The average molecular weight is 267 g/mol. The highest BCUT2D eigenvalue weighted by Crippen LogP contribution is 2.15. The van der Waals surface area contributed by atoms with Gasteiger partial charge in [0.1, 0.15) is 5.82 Å². The molecule has 0 saturated heterocycles. The van der Waals surface area contributed by atoms with Gasteiger partial charge in [-0.2, -0.15) is 0 Å². The van der Waals surface area contributed by atoms with E-state index in [1.54, 1.807) is 17.9 Å². The van der Waals surface area contributed by atoms with Crippen molar-refractivity contribution in [1.29, 1.82) is 0 Å². The maximum Gasteiger partial charge on any atom is 0.376 e. The molecule has 0 aliphatic rings. The molecule has 104 valence electrons. The molecule has 0 fully saturated rings. The van der Waals surface area contributed by atoms with Gasteiger partial charge in [0.15, 0.2) is 0 Å². The second-order valence-corrected chi connectivity index (χ2v) is 3.96. The Morgan fingerprint density at radius 2 is 2.21 bits per heavy atom. The SMILES string of the molecule is CCN(c1ccnc(C(=O)OC)n1)C(C)CC(=O)O. The molecule has 0 bridgehead atoms. The normalized spacial score (nSPS) is 11.7. The van der Waals surface area contributed by atoms with Crippen molar-refractivity contribution in [2.45, 2.75) is 26.3 Å². The predicted molar refractivity (Wildman–Crippen MR) is 68.1 cm³/mol. The first-order valence-electron chi connectivity index (χ1n) is 5.89. The van der Waals surface area contributed by atoms with Crippen LogP contribution in [-0.2, 0) is 9.53 Å². The molecule has 1 N–H and O–H groups in total. The zero-order chi connectivity index (χ0) is 14.4. The lowest BCUT2D eigenvalue weighted by Gasteiger charge is -2.28. The van der Waals surface area contributed by atoms with Gasteiger partial charge in [-0.25, -0.2) is 14.8 Å². The van der Waals surface area contributed by atoms with Crippen molar-refractivity contribution < 1.29 is 19.4 Å². The molecule has 1 unspecified atom stereocenters. The van der Waals surface area contributed by atoms with E-state index in [-0.39, 0.29) is 18.3 Å². The van der Waals surface area contributed by atoms with E-state index >= 15 is 0 Å². The Balaban J connectivity index is 2.98. The number of anilines is 1. The van der Waals surface area contributed by atoms with Crippen LogP contribution in [0.5, 0.6) is 0 Å². The minimum Gasteiger partial charge on any atom is -0.481 e. The lowest BCUT2D eigenvalue weighted by atomic mass is 10.2. The maximum absolute atomic E-state index is 11.4. The standard InChI is InChI=1S/C12H17N3O4/c1-4-15(8(2)7-10(16)17)9-5-6-13-11(14-9)12(18)19-3/h5-6,8H,4,7H2,1-3H3,(H,16,17). The number of aliphatic carboxylic acids is 1. The Labute approximate surface area is 111 Å². The zero-order valence-corrected chi connectivity index (χ0v) is 11.2. The first-order chi connectivity index (χ1) is 8.99. The molecule has 1 atom stereocenters. The van der Waals surface area contributed by atoms with Gasteiger partial charge in [0.25, 0.3) is 0 Å². The number of carbonyl (C=O) groups is 2. The Bertz CT molecular complexity index is 464. The van der Waals surface area contributed by atoms with E-state index in [1.165, 1.54) is 13.3 Å². The number of ether oxygens (including phenoxy) is 1. The monoisotopic (exact) mass is 267 g/mol. The first-order valence-corrected chi connectivity index (χ1v) is 5.89. The summed E-state index contributed by atoms with van der Waals surface area (Å²) in [4.78, 5) is 31.8. The number of carboxylic acids is 1. The number of nitrogens with zero attached hydrogens (tertiary/aromatic N) is 3. The van der Waals surface area contributed by atoms with E-state index in [2.05, 4.69) is 14.7 Å². The van der Waals surface area contributed by atoms with Gasteiger partial charge in [0.2, 0.25) is 5.82 Å². The smallest absolute Gasteiger partial charge is 0.376 e. The van der Waals surface area contributed by atoms with Gasteiger partial charge in [-0.15, -0.1) is 0 Å². The van der Waals surface area contributed by atoms with Crippen molar-refractivity contribution in [3.8, 4) is 0 Å². The summed E-state index contributed by atoms with van der Waals surface area (Å²) >= 11 is 0. The summed E-state index contributed by atoms with van der Waals surface area (Å²) in [5, 5.41) is 8.82. The number of esters is 1. The van der Waals surface area contributed by atoms with Gasteiger partial charge >= 0.3 is 11.9 Å². The molecular weight excluding hydrogens is 250 g/mol. The fraction of sp³-hybridized carbons (Fsp3) is 0.500. The summed E-state index contributed by atoms with van der Waals surface area (Å²) in [7, 11) is 1.25. The maximum atomic E-state index is 11.4. The molecule has 7 nitrogen and oxygen atoms in total. The number of hydrogen-bond donors (Lipinski definition) is 1. The van der Waals surface area contributed by atoms with E-state index in [1.807, 2.05) is 6.92 Å². The molecule has 1 aromatic heterocycles. The van der Waals surface area contributed by atoms with Gasteiger partial charge in [0, 0.05) is 18.8 Å². The predicted octanol–water partition coefficient (Wildman–Crippen LogP) is 0.953. The van der Waals surface area contributed by atoms with Crippen LogP contribution < -0.4 is 4.90 Å². The van der Waals surface area contributed by atoms with Crippen molar-refractivity contribution >= 4 is 17.8 Å². The van der Waals surface area contributed by atoms with Gasteiger partial charge in [-0.05, 0) is 19.9 Å². The van der Waals surface area contributed by atoms with Gasteiger partial charge in [-0.1, -0.05) is 0 Å². The molecule has 0 aromatic carbocycles. The van der Waals surface area contributed by atoms with Gasteiger partial charge in [-0.3, -0.25) is 4.79 Å². The van der Waals surface area contributed by atoms with Crippen LogP contribution >= 0.6 is 0 Å². The summed E-state index contributed by atoms with van der Waals surface area (Å²) in [5.41, 5.74) is 0. The lowest BCUT2D eigenvalue weighted by Crippen LogP contribution is -2.35. The molecule has 7 heteroatoms. The molecule has 0 spiro atoms. The van der Waals surface area contributed by atoms with Crippen LogP contribution in [0.25, 0.3) is 0 Å². The highest BCUT2D eigenvalue weighted by atomic mass is 16.5. The summed E-state index contributed by atoms with van der Waals surface area (Å²) < 4.78 is 4.55. The largest absolute Gasteiger partial charge is 0.481 e. The minimum atomic E-state index is -0.881. The van der Waals surface area contributed by atoms with Crippen molar-refractivity contribution in [2.24, 2.45) is 0 Å². The first kappa shape index (κ1) is 14.9. The lowest BCUT2D eigenvalue weighted by molar-refractivity contribution is -0.137. The molecule has 0 radical (unpaired) electrons. The van der Waals surface area contributed by atoms with Crippen molar-refractivity contribution in [1.82, 2.24) is 9.97 Å². The summed E-state index contributed by atoms with van der Waals surface area (Å²) in [6.45, 7) is 4.25. The second kappa shape index (κ2) is 6.67. The van der Waals surface area contributed by atoms with E-state index in [4.69, 9.17) is 5.11 Å². The van der Waals surface area contributed by atoms with Crippen LogP contribution in [0, 0.1) is 0 Å². The second-order valence-electron chi connectivity index (χ2n) is 3.96. The van der Waals surface area contributed by atoms with E-state index < -0.39 is 11.9 Å². The number of rotatable bonds is 6. The third-order valence-corrected chi connectivity index (χ3v) is 2.65. The Morgan fingerprint density at radius 3 is 2.74 bits per heavy atom. The van der Waals surface area contributed by atoms with Crippen LogP contribution in [-0.4, -0.2) is 46.7 Å². The minimum absolute atomic E-state index is 0.00853. The summed E-state index contributed by atoms with van der Waals surface area (Å²) in [5.74, 6) is -1.04. The summed E-state index contributed by atoms with van der Waals surface area (Å²) in [6, 6.07) is 1.40. The molecule has 19 heavy (non-hydrogen) atoms. The van der Waals surface area contributed by atoms with Crippen LogP contribution in [0.15, 0.2) is 12.3 Å². The zero-order valence-electron chi connectivity index (χ0n) is 11.2. The number of methoxy groups -OCH3 is 1. The number of hydrogen-bond acceptors (Lipinski definition) is 6. The fourth-order valence-corrected chi connectivity index (χ4v) is 1.76. The molecule has 0 aliphatic heterocycles. The highest BCUT2D eigenvalue weighted by Gasteiger charge is 2.19. The van der Waals surface area contributed by atoms with Crippen molar-refractivity contribution in [3.63, 3.8) is 0 Å². The van der Waals surface area contributed by atoms with E-state index in [0.29, 0.717) is 12.4 Å². The van der Waals surface area contributed by atoms with Crippen LogP contribution in [0.1, 0.15) is 30.9 Å². The van der Waals surface area contributed by atoms with Crippen LogP contribution in [0.4, 0.5) is 5.82 Å². The van der Waals surface area contributed by atoms with Crippen molar-refractivity contribution in [3.05, 3.63) is 18.1 Å². The van der Waals surface area contributed by atoms with Gasteiger partial charge in [0.05, 0.1) is 13.5 Å². The Hall–Kier alpha value is -2.18. The fourth-order valence-electron chi connectivity index (χ4n) is 1.76. The van der Waals surface area contributed by atoms with Crippen molar-refractivity contribution in [2.75, 3.05) is 18.6 Å². The average Bonchev–Trinajstić information content (AvgIpc) is 2.38. The quantitative estimate of drug-likeness (QED) is 0.767. The summed E-state index contributed by atoms with van der Waals surface area (Å²) in [6.07, 6.45) is 1.44.